The van der Waals surface area contributed by atoms with Gasteiger partial charge >= 0.3 is 0 Å². The first-order valence-electron chi connectivity index (χ1n) is 4.23. The summed E-state index contributed by atoms with van der Waals surface area (Å²) >= 11 is 1.38. The standard InChI is InChI=1S/C8H12N4S/c1-12-4-2-3-6(5-12)7-10-8(9)11-13-7/h3H,2,4-5H2,1H3,(H2,9,11). The molecule has 70 valence electrons. The van der Waals surface area contributed by atoms with Crippen molar-refractivity contribution in [1.29, 1.82) is 0 Å². The maximum absolute atomic E-state index is 5.47. The van der Waals surface area contributed by atoms with E-state index in [1.807, 2.05) is 0 Å². The lowest BCUT2D eigenvalue weighted by atomic mass is 10.1. The van der Waals surface area contributed by atoms with E-state index in [-0.39, 0.29) is 0 Å². The molecule has 1 aliphatic heterocycles. The summed E-state index contributed by atoms with van der Waals surface area (Å²) in [6, 6.07) is 0. The van der Waals surface area contributed by atoms with Gasteiger partial charge < -0.3 is 10.6 Å². The second kappa shape index (κ2) is 3.43. The summed E-state index contributed by atoms with van der Waals surface area (Å²) in [4.78, 5) is 6.43. The molecule has 1 aromatic rings. The highest BCUT2D eigenvalue weighted by atomic mass is 32.1. The molecular formula is C8H12N4S. The first-order valence-corrected chi connectivity index (χ1v) is 5.00. The minimum atomic E-state index is 0.383. The highest BCUT2D eigenvalue weighted by Gasteiger charge is 2.13. The first kappa shape index (κ1) is 8.65. The number of rotatable bonds is 1. The van der Waals surface area contributed by atoms with Crippen molar-refractivity contribution in [3.05, 3.63) is 11.1 Å². The van der Waals surface area contributed by atoms with Gasteiger partial charge in [0, 0.05) is 13.1 Å². The molecule has 0 unspecified atom stereocenters. The van der Waals surface area contributed by atoms with Crippen LogP contribution in [-0.4, -0.2) is 34.4 Å². The molecule has 0 aliphatic carbocycles. The van der Waals surface area contributed by atoms with Gasteiger partial charge in [-0.25, -0.2) is 4.98 Å². The lowest BCUT2D eigenvalue weighted by Gasteiger charge is -2.21. The summed E-state index contributed by atoms with van der Waals surface area (Å²) in [5.41, 5.74) is 6.72. The van der Waals surface area contributed by atoms with E-state index in [9.17, 15) is 0 Å². The molecule has 1 aliphatic rings. The largest absolute Gasteiger partial charge is 0.367 e. The Hall–Kier alpha value is -0.940. The Morgan fingerprint density at radius 3 is 3.08 bits per heavy atom. The number of aromatic nitrogens is 2. The Morgan fingerprint density at radius 1 is 1.62 bits per heavy atom. The number of nitrogens with zero attached hydrogens (tertiary/aromatic N) is 3. The Labute approximate surface area is 81.2 Å². The zero-order valence-electron chi connectivity index (χ0n) is 7.53. The normalized spacial score (nSPS) is 18.7. The third kappa shape index (κ3) is 1.87. The first-order chi connectivity index (χ1) is 6.25. The minimum Gasteiger partial charge on any atom is -0.367 e. The van der Waals surface area contributed by atoms with Gasteiger partial charge in [-0.15, -0.1) is 0 Å². The monoisotopic (exact) mass is 196 g/mol. The van der Waals surface area contributed by atoms with E-state index in [0.29, 0.717) is 5.95 Å². The fourth-order valence-electron chi connectivity index (χ4n) is 1.41. The number of nitrogens with two attached hydrogens (primary N) is 1. The molecule has 0 aromatic carbocycles. The van der Waals surface area contributed by atoms with Gasteiger partial charge in [0.2, 0.25) is 5.95 Å². The van der Waals surface area contributed by atoms with E-state index in [0.717, 1.165) is 24.5 Å². The molecule has 2 N–H and O–H groups in total. The zero-order valence-corrected chi connectivity index (χ0v) is 8.34. The molecule has 0 radical (unpaired) electrons. The lowest BCUT2D eigenvalue weighted by Crippen LogP contribution is -2.24. The number of nitrogen functional groups attached to an aromatic ring is 1. The van der Waals surface area contributed by atoms with Crippen LogP contribution in [0, 0.1) is 0 Å². The van der Waals surface area contributed by atoms with Crippen molar-refractivity contribution in [3.8, 4) is 0 Å². The molecule has 2 rings (SSSR count). The van der Waals surface area contributed by atoms with Crippen LogP contribution in [0.25, 0.3) is 5.57 Å². The predicted molar refractivity (Wildman–Crippen MR) is 54.4 cm³/mol. The van der Waals surface area contributed by atoms with Crippen molar-refractivity contribution >= 4 is 23.1 Å². The van der Waals surface area contributed by atoms with Gasteiger partial charge in [0.15, 0.2) is 0 Å². The van der Waals surface area contributed by atoms with Crippen LogP contribution < -0.4 is 5.73 Å². The maximum atomic E-state index is 5.47. The SMILES string of the molecule is CN1CCC=C(c2nc(N)ns2)C1. The number of hydrogen-bond acceptors (Lipinski definition) is 5. The van der Waals surface area contributed by atoms with E-state index >= 15 is 0 Å². The van der Waals surface area contributed by atoms with Crippen molar-refractivity contribution in [3.63, 3.8) is 0 Å². The maximum Gasteiger partial charge on any atom is 0.232 e. The van der Waals surface area contributed by atoms with Crippen molar-refractivity contribution in [2.75, 3.05) is 25.9 Å². The second-order valence-corrected chi connectivity index (χ2v) is 3.97. The van der Waals surface area contributed by atoms with Gasteiger partial charge in [-0.05, 0) is 30.6 Å². The molecule has 0 amide bonds. The van der Waals surface area contributed by atoms with Crippen LogP contribution in [0.2, 0.25) is 0 Å². The number of hydrogen-bond donors (Lipinski definition) is 1. The average Bonchev–Trinajstić information content (AvgIpc) is 2.52. The Bertz CT molecular complexity index is 331. The topological polar surface area (TPSA) is 55.0 Å². The van der Waals surface area contributed by atoms with Crippen LogP contribution in [-0.2, 0) is 0 Å². The quantitative estimate of drug-likeness (QED) is 0.723. The zero-order chi connectivity index (χ0) is 9.26. The molecule has 13 heavy (non-hydrogen) atoms. The van der Waals surface area contributed by atoms with Gasteiger partial charge in [0.1, 0.15) is 5.01 Å². The van der Waals surface area contributed by atoms with Crippen LogP contribution in [0.15, 0.2) is 6.08 Å². The molecule has 0 spiro atoms. The van der Waals surface area contributed by atoms with Gasteiger partial charge in [-0.2, -0.15) is 4.37 Å². The van der Waals surface area contributed by atoms with Gasteiger partial charge in [0.05, 0.1) is 0 Å². The average molecular weight is 196 g/mol. The van der Waals surface area contributed by atoms with E-state index in [1.165, 1.54) is 17.1 Å². The van der Waals surface area contributed by atoms with E-state index < -0.39 is 0 Å². The van der Waals surface area contributed by atoms with Gasteiger partial charge in [-0.1, -0.05) is 6.08 Å². The smallest absolute Gasteiger partial charge is 0.232 e. The molecule has 0 atom stereocenters. The van der Waals surface area contributed by atoms with Crippen LogP contribution in [0.4, 0.5) is 5.95 Å². The highest BCUT2D eigenvalue weighted by Crippen LogP contribution is 2.21. The molecule has 0 fully saturated rings. The Balaban J connectivity index is 2.21. The van der Waals surface area contributed by atoms with Crippen LogP contribution in [0.3, 0.4) is 0 Å². The molecular weight excluding hydrogens is 184 g/mol. The molecule has 0 bridgehead atoms. The van der Waals surface area contributed by atoms with Crippen LogP contribution in [0.5, 0.6) is 0 Å². The molecule has 1 aromatic heterocycles. The van der Waals surface area contributed by atoms with Crippen molar-refractivity contribution in [2.24, 2.45) is 0 Å². The highest BCUT2D eigenvalue weighted by molar-refractivity contribution is 7.06. The lowest BCUT2D eigenvalue weighted by molar-refractivity contribution is 0.373. The summed E-state index contributed by atoms with van der Waals surface area (Å²) in [6.45, 7) is 2.08. The summed E-state index contributed by atoms with van der Waals surface area (Å²) < 4.78 is 3.97. The van der Waals surface area contributed by atoms with E-state index in [4.69, 9.17) is 5.73 Å². The predicted octanol–water partition coefficient (Wildman–Crippen LogP) is 0.839. The third-order valence-corrected chi connectivity index (χ3v) is 2.86. The fourth-order valence-corrected chi connectivity index (χ4v) is 2.03. The van der Waals surface area contributed by atoms with E-state index in [1.54, 1.807) is 0 Å². The van der Waals surface area contributed by atoms with Gasteiger partial charge in [-0.3, -0.25) is 0 Å². The second-order valence-electron chi connectivity index (χ2n) is 3.21. The summed E-state index contributed by atoms with van der Waals surface area (Å²) in [5, 5.41) is 0.962. The molecule has 4 nitrogen and oxygen atoms in total. The van der Waals surface area contributed by atoms with E-state index in [2.05, 4.69) is 27.4 Å². The Kier molecular flexibility index (Phi) is 2.28. The molecule has 5 heteroatoms. The number of likely N-dealkylation sites (N-methyl/N-ethyl adjacent to an activating group) is 1. The third-order valence-electron chi connectivity index (χ3n) is 2.06. The molecule has 0 saturated heterocycles. The Morgan fingerprint density at radius 2 is 2.46 bits per heavy atom. The van der Waals surface area contributed by atoms with Crippen molar-refractivity contribution in [1.82, 2.24) is 14.3 Å². The minimum absolute atomic E-state index is 0.383. The summed E-state index contributed by atoms with van der Waals surface area (Å²) in [6.07, 6.45) is 3.31. The van der Waals surface area contributed by atoms with Crippen molar-refractivity contribution in [2.45, 2.75) is 6.42 Å². The molecule has 0 saturated carbocycles. The fraction of sp³-hybridized carbons (Fsp3) is 0.500. The molecule has 2 heterocycles. The van der Waals surface area contributed by atoms with Crippen molar-refractivity contribution < 1.29 is 0 Å². The van der Waals surface area contributed by atoms with Crippen LogP contribution >= 0.6 is 11.5 Å². The summed E-state index contributed by atoms with van der Waals surface area (Å²) in [7, 11) is 2.11. The van der Waals surface area contributed by atoms with Gasteiger partial charge in [0.25, 0.3) is 0 Å². The summed E-state index contributed by atoms with van der Waals surface area (Å²) in [5.74, 6) is 0.383. The van der Waals surface area contributed by atoms with Crippen LogP contribution in [0.1, 0.15) is 11.4 Å². The number of anilines is 1.